The fraction of sp³-hybridized carbons (Fsp3) is 0.316. The second-order valence-electron chi connectivity index (χ2n) is 5.28. The van der Waals surface area contributed by atoms with E-state index in [-0.39, 0.29) is 12.2 Å². The van der Waals surface area contributed by atoms with Crippen LogP contribution in [0, 0.1) is 29.5 Å². The molecule has 124 valence electrons. The minimum atomic E-state index is -0.942. The number of aliphatic hydroxyl groups excluding tert-OH is 1. The summed E-state index contributed by atoms with van der Waals surface area (Å²) in [5.41, 5.74) is 1.96. The molecule has 4 nitrogen and oxygen atoms in total. The van der Waals surface area contributed by atoms with E-state index in [0.29, 0.717) is 32.4 Å². The van der Waals surface area contributed by atoms with Crippen LogP contribution >= 0.6 is 0 Å². The zero-order valence-electron chi connectivity index (χ0n) is 13.2. The molecule has 0 spiro atoms. The maximum Gasteiger partial charge on any atom is 0.407 e. The van der Waals surface area contributed by atoms with Crippen LogP contribution < -0.4 is 0 Å². The van der Waals surface area contributed by atoms with Gasteiger partial charge in [-0.2, -0.15) is 0 Å². The second kappa shape index (κ2) is 8.76. The summed E-state index contributed by atoms with van der Waals surface area (Å²) in [7, 11) is 0. The van der Waals surface area contributed by atoms with E-state index < -0.39 is 11.9 Å². The molecular weight excluding hydrogens is 309 g/mol. The van der Waals surface area contributed by atoms with E-state index in [4.69, 9.17) is 10.2 Å². The van der Waals surface area contributed by atoms with Gasteiger partial charge in [0.1, 0.15) is 5.82 Å². The van der Waals surface area contributed by atoms with Crippen LogP contribution in [0.1, 0.15) is 30.4 Å². The first-order valence-electron chi connectivity index (χ1n) is 7.68. The van der Waals surface area contributed by atoms with Crippen molar-refractivity contribution < 1.29 is 19.4 Å². The van der Waals surface area contributed by atoms with Gasteiger partial charge >= 0.3 is 6.09 Å². The molecule has 1 aromatic rings. The molecule has 1 aliphatic heterocycles. The lowest BCUT2D eigenvalue weighted by molar-refractivity contribution is 0.150. The third-order valence-corrected chi connectivity index (χ3v) is 3.63. The van der Waals surface area contributed by atoms with Crippen molar-refractivity contribution in [1.82, 2.24) is 4.90 Å². The lowest BCUT2D eigenvalue weighted by atomic mass is 9.98. The van der Waals surface area contributed by atoms with Crippen LogP contribution in [-0.2, 0) is 0 Å². The number of carbonyl (C=O) groups is 1. The fourth-order valence-corrected chi connectivity index (χ4v) is 2.29. The van der Waals surface area contributed by atoms with Crippen LogP contribution in [0.5, 0.6) is 0 Å². The highest BCUT2D eigenvalue weighted by Crippen LogP contribution is 2.24. The zero-order chi connectivity index (χ0) is 17.4. The zero-order valence-corrected chi connectivity index (χ0v) is 13.2. The molecule has 2 N–H and O–H groups in total. The Morgan fingerprint density at radius 3 is 2.79 bits per heavy atom. The van der Waals surface area contributed by atoms with Crippen LogP contribution in [0.15, 0.2) is 24.3 Å². The van der Waals surface area contributed by atoms with Gasteiger partial charge in [-0.1, -0.05) is 18.1 Å². The van der Waals surface area contributed by atoms with Gasteiger partial charge in [0.05, 0.1) is 5.56 Å². The highest BCUT2D eigenvalue weighted by Gasteiger charge is 2.17. The quantitative estimate of drug-likeness (QED) is 0.663. The first-order valence-corrected chi connectivity index (χ1v) is 7.68. The van der Waals surface area contributed by atoms with Crippen molar-refractivity contribution in [3.63, 3.8) is 0 Å². The van der Waals surface area contributed by atoms with Crippen molar-refractivity contribution >= 4 is 11.7 Å². The Balaban J connectivity index is 2.06. The standard InChI is InChI=1S/C19H18FNO3/c20-18-14-17(15-9-11-21(12-10-15)19(23)24)8-7-16(18)6-4-2-1-3-5-13-22/h7-9,14,22H,3,5,10-13H2,(H,23,24). The van der Waals surface area contributed by atoms with Crippen molar-refractivity contribution in [1.29, 1.82) is 0 Å². The van der Waals surface area contributed by atoms with E-state index in [2.05, 4.69) is 23.7 Å². The average Bonchev–Trinajstić information content (AvgIpc) is 2.59. The van der Waals surface area contributed by atoms with E-state index in [9.17, 15) is 9.18 Å². The lowest BCUT2D eigenvalue weighted by Crippen LogP contribution is -2.33. The molecule has 1 aliphatic rings. The van der Waals surface area contributed by atoms with E-state index in [0.717, 1.165) is 11.1 Å². The van der Waals surface area contributed by atoms with Crippen molar-refractivity contribution in [2.24, 2.45) is 0 Å². The van der Waals surface area contributed by atoms with Gasteiger partial charge in [-0.3, -0.25) is 0 Å². The van der Waals surface area contributed by atoms with Crippen LogP contribution in [-0.4, -0.2) is 40.9 Å². The summed E-state index contributed by atoms with van der Waals surface area (Å²) in [6.45, 7) is 0.823. The monoisotopic (exact) mass is 327 g/mol. The first-order chi connectivity index (χ1) is 11.6. The summed E-state index contributed by atoms with van der Waals surface area (Å²) in [5.74, 6) is 10.3. The molecule has 0 saturated heterocycles. The molecule has 1 aromatic carbocycles. The number of rotatable bonds is 3. The number of nitrogens with zero attached hydrogens (tertiary/aromatic N) is 1. The predicted molar refractivity (Wildman–Crippen MR) is 89.6 cm³/mol. The Morgan fingerprint density at radius 2 is 2.17 bits per heavy atom. The molecule has 0 saturated carbocycles. The molecule has 1 amide bonds. The summed E-state index contributed by atoms with van der Waals surface area (Å²) in [6.07, 6.45) is 2.60. The molecule has 0 aliphatic carbocycles. The summed E-state index contributed by atoms with van der Waals surface area (Å²) in [4.78, 5) is 12.2. The van der Waals surface area contributed by atoms with Gasteiger partial charge in [-0.25, -0.2) is 9.18 Å². The Labute approximate surface area is 140 Å². The second-order valence-corrected chi connectivity index (χ2v) is 5.28. The van der Waals surface area contributed by atoms with Gasteiger partial charge in [-0.15, -0.1) is 0 Å². The molecule has 2 rings (SSSR count). The molecular formula is C19H18FNO3. The summed E-state index contributed by atoms with van der Waals surface area (Å²) < 4.78 is 14.1. The molecule has 5 heteroatoms. The highest BCUT2D eigenvalue weighted by atomic mass is 19.1. The van der Waals surface area contributed by atoms with Gasteiger partial charge in [-0.05, 0) is 53.9 Å². The van der Waals surface area contributed by atoms with Crippen molar-refractivity contribution in [2.45, 2.75) is 19.3 Å². The SMILES string of the molecule is O=C(O)N1CC=C(c2ccc(C#CC#CCCCO)c(F)c2)CC1. The minimum absolute atomic E-state index is 0.0955. The minimum Gasteiger partial charge on any atom is -0.465 e. The molecule has 0 bridgehead atoms. The van der Waals surface area contributed by atoms with Gasteiger partial charge in [0.2, 0.25) is 0 Å². The first kappa shape index (κ1) is 17.6. The number of unbranched alkanes of at least 4 members (excludes halogenated alkanes) is 1. The Kier molecular flexibility index (Phi) is 6.42. The smallest absolute Gasteiger partial charge is 0.407 e. The molecule has 1 heterocycles. The summed E-state index contributed by atoms with van der Waals surface area (Å²) in [6, 6.07) is 4.82. The number of halogens is 1. The largest absolute Gasteiger partial charge is 0.465 e. The van der Waals surface area contributed by atoms with Crippen molar-refractivity contribution in [3.05, 3.63) is 41.2 Å². The van der Waals surface area contributed by atoms with E-state index in [1.165, 1.54) is 11.0 Å². The Hall–Kier alpha value is -2.76. The van der Waals surface area contributed by atoms with E-state index in [1.807, 2.05) is 6.08 Å². The number of carboxylic acid groups (broad SMARTS) is 1. The van der Waals surface area contributed by atoms with Gasteiger partial charge < -0.3 is 15.1 Å². The van der Waals surface area contributed by atoms with Crippen LogP contribution in [0.25, 0.3) is 5.57 Å². The fourth-order valence-electron chi connectivity index (χ4n) is 2.29. The maximum absolute atomic E-state index is 14.1. The molecule has 0 aromatic heterocycles. The summed E-state index contributed by atoms with van der Waals surface area (Å²) in [5, 5.41) is 17.5. The summed E-state index contributed by atoms with van der Waals surface area (Å²) >= 11 is 0. The number of hydrogen-bond donors (Lipinski definition) is 2. The normalized spacial score (nSPS) is 13.2. The molecule has 0 unspecified atom stereocenters. The number of aliphatic hydroxyl groups is 1. The third kappa shape index (κ3) is 4.87. The number of benzene rings is 1. The Morgan fingerprint density at radius 1 is 1.33 bits per heavy atom. The van der Waals surface area contributed by atoms with Crippen LogP contribution in [0.2, 0.25) is 0 Å². The molecule has 0 fully saturated rings. The van der Waals surface area contributed by atoms with Crippen molar-refractivity contribution in [3.8, 4) is 23.7 Å². The molecule has 0 atom stereocenters. The predicted octanol–water partition coefficient (Wildman–Crippen LogP) is 2.72. The molecule has 24 heavy (non-hydrogen) atoms. The van der Waals surface area contributed by atoms with E-state index in [1.54, 1.807) is 12.1 Å². The van der Waals surface area contributed by atoms with Crippen molar-refractivity contribution in [2.75, 3.05) is 19.7 Å². The van der Waals surface area contributed by atoms with Gasteiger partial charge in [0.25, 0.3) is 0 Å². The number of hydrogen-bond acceptors (Lipinski definition) is 2. The number of amides is 1. The van der Waals surface area contributed by atoms with Crippen LogP contribution in [0.4, 0.5) is 9.18 Å². The van der Waals surface area contributed by atoms with E-state index >= 15 is 0 Å². The van der Waals surface area contributed by atoms with Gasteiger partial charge in [0, 0.05) is 26.1 Å². The highest BCUT2D eigenvalue weighted by molar-refractivity contribution is 5.71. The average molecular weight is 327 g/mol. The third-order valence-electron chi connectivity index (χ3n) is 3.63. The Bertz CT molecular complexity index is 762. The topological polar surface area (TPSA) is 60.8 Å². The molecule has 0 radical (unpaired) electrons. The van der Waals surface area contributed by atoms with Gasteiger partial charge in [0.15, 0.2) is 0 Å². The van der Waals surface area contributed by atoms with Crippen LogP contribution in [0.3, 0.4) is 0 Å². The lowest BCUT2D eigenvalue weighted by Gasteiger charge is -2.23. The maximum atomic E-state index is 14.1.